The second-order valence-corrected chi connectivity index (χ2v) is 3.66. The van der Waals surface area contributed by atoms with E-state index in [1.807, 2.05) is 0 Å². The van der Waals surface area contributed by atoms with E-state index in [-0.39, 0.29) is 11.8 Å². The van der Waals surface area contributed by atoms with E-state index in [2.05, 4.69) is 8.85 Å². The first-order chi connectivity index (χ1) is 4.66. The van der Waals surface area contributed by atoms with E-state index < -0.39 is 21.5 Å². The number of rotatable bonds is 3. The second kappa shape index (κ2) is 5.45. The fraction of sp³-hybridized carbons (Fsp3) is 0.600. The average molecular weight is 257 g/mol. The summed E-state index contributed by atoms with van der Waals surface area (Å²) in [4.78, 5) is 20.9. The van der Waals surface area contributed by atoms with Crippen LogP contribution >= 0.6 is 0 Å². The summed E-state index contributed by atoms with van der Waals surface area (Å²) in [6.07, 6.45) is 0. The summed E-state index contributed by atoms with van der Waals surface area (Å²) in [5, 5.41) is 2.48. The van der Waals surface area contributed by atoms with Gasteiger partial charge in [-0.2, -0.15) is 0 Å². The van der Waals surface area contributed by atoms with Crippen molar-refractivity contribution >= 4 is 11.8 Å². The van der Waals surface area contributed by atoms with E-state index in [0.29, 0.717) is 4.43 Å². The molecule has 0 aliphatic heterocycles. The number of halogens is 1. The molecular weight excluding hydrogens is 247 g/mol. The van der Waals surface area contributed by atoms with Crippen LogP contribution in [0.15, 0.2) is 0 Å². The van der Waals surface area contributed by atoms with Crippen molar-refractivity contribution in [1.82, 2.24) is 8.85 Å². The summed E-state index contributed by atoms with van der Waals surface area (Å²) >= 11 is -0.474. The van der Waals surface area contributed by atoms with Crippen molar-refractivity contribution in [2.75, 3.05) is 11.5 Å². The summed E-state index contributed by atoms with van der Waals surface area (Å²) in [6.45, 7) is 1.45. The van der Waals surface area contributed by atoms with Crippen LogP contribution < -0.4 is 30.3 Å². The molecular formula is C5H10IN2O2-. The molecule has 0 atom stereocenters. The molecule has 0 saturated heterocycles. The Labute approximate surface area is 70.4 Å². The molecule has 10 heavy (non-hydrogen) atoms. The van der Waals surface area contributed by atoms with Gasteiger partial charge in [-0.25, -0.2) is 0 Å². The van der Waals surface area contributed by atoms with Crippen LogP contribution in [-0.2, 0) is 9.59 Å². The fourth-order valence-electron chi connectivity index (χ4n) is 0.255. The van der Waals surface area contributed by atoms with Crippen molar-refractivity contribution < 1.29 is 31.1 Å². The summed E-state index contributed by atoms with van der Waals surface area (Å²) < 4.78 is 3.07. The number of hydrogen-bond donors (Lipinski definition) is 2. The van der Waals surface area contributed by atoms with Crippen LogP contribution in [-0.4, -0.2) is 23.3 Å². The SMILES string of the molecule is CNC(=O)C[I-]NC(C)=O. The van der Waals surface area contributed by atoms with Crippen molar-refractivity contribution in [3.8, 4) is 0 Å². The van der Waals surface area contributed by atoms with Gasteiger partial charge in [0.05, 0.1) is 0 Å². The van der Waals surface area contributed by atoms with Crippen LogP contribution in [0.1, 0.15) is 6.92 Å². The molecule has 0 aliphatic rings. The molecule has 5 heteroatoms. The van der Waals surface area contributed by atoms with Crippen LogP contribution in [0.5, 0.6) is 0 Å². The number of carbonyl (C=O) groups is 2. The van der Waals surface area contributed by atoms with Gasteiger partial charge in [0.15, 0.2) is 0 Å². The van der Waals surface area contributed by atoms with Gasteiger partial charge in [0.25, 0.3) is 0 Å². The van der Waals surface area contributed by atoms with E-state index in [1.54, 1.807) is 7.05 Å². The first-order valence-electron chi connectivity index (χ1n) is 2.72. The minimum absolute atomic E-state index is 0.0125. The zero-order valence-electron chi connectivity index (χ0n) is 5.90. The molecule has 0 rings (SSSR count). The van der Waals surface area contributed by atoms with E-state index in [4.69, 9.17) is 0 Å². The zero-order valence-corrected chi connectivity index (χ0v) is 8.06. The molecule has 4 nitrogen and oxygen atoms in total. The van der Waals surface area contributed by atoms with Crippen molar-refractivity contribution in [3.63, 3.8) is 0 Å². The molecule has 60 valence electrons. The monoisotopic (exact) mass is 257 g/mol. The molecule has 0 saturated carbocycles. The number of hydrogen-bond acceptors (Lipinski definition) is 2. The topological polar surface area (TPSA) is 58.2 Å². The quantitative estimate of drug-likeness (QED) is 0.306. The predicted molar refractivity (Wildman–Crippen MR) is 32.8 cm³/mol. The van der Waals surface area contributed by atoms with Gasteiger partial charge in [-0.3, -0.25) is 0 Å². The van der Waals surface area contributed by atoms with Crippen LogP contribution in [0.2, 0.25) is 0 Å². The molecule has 0 radical (unpaired) electrons. The Hall–Kier alpha value is -0.330. The van der Waals surface area contributed by atoms with Gasteiger partial charge >= 0.3 is 70.1 Å². The molecule has 0 aromatic heterocycles. The van der Waals surface area contributed by atoms with Crippen LogP contribution in [0, 0.1) is 0 Å². The number of alkyl halides is 1. The van der Waals surface area contributed by atoms with Gasteiger partial charge in [0.2, 0.25) is 0 Å². The molecule has 0 fully saturated rings. The van der Waals surface area contributed by atoms with E-state index in [1.165, 1.54) is 6.92 Å². The summed E-state index contributed by atoms with van der Waals surface area (Å²) in [5.41, 5.74) is 0. The molecule has 0 heterocycles. The number of carbonyl (C=O) groups excluding carboxylic acids is 2. The van der Waals surface area contributed by atoms with E-state index >= 15 is 0 Å². The molecule has 0 aromatic carbocycles. The minimum atomic E-state index is -0.474. The van der Waals surface area contributed by atoms with Crippen LogP contribution in [0.3, 0.4) is 0 Å². The van der Waals surface area contributed by atoms with Crippen molar-refractivity contribution in [2.45, 2.75) is 6.92 Å². The Morgan fingerprint density at radius 3 is 2.50 bits per heavy atom. The molecule has 0 spiro atoms. The molecule has 2 amide bonds. The maximum atomic E-state index is 10.6. The molecule has 2 N–H and O–H groups in total. The van der Waals surface area contributed by atoms with Crippen LogP contribution in [0.25, 0.3) is 0 Å². The summed E-state index contributed by atoms with van der Waals surface area (Å²) in [6, 6.07) is 0. The standard InChI is InChI=1S/C5H10IN2O2/c1-4(9)8-6-3-5(10)7-2/h3H2,1-2H3,(H,7,10)(H,8,9)/q-1. The number of nitrogens with one attached hydrogen (secondary N) is 2. The van der Waals surface area contributed by atoms with Crippen molar-refractivity contribution in [3.05, 3.63) is 0 Å². The van der Waals surface area contributed by atoms with E-state index in [0.717, 1.165) is 0 Å². The predicted octanol–water partition coefficient (Wildman–Crippen LogP) is -4.13. The van der Waals surface area contributed by atoms with E-state index in [9.17, 15) is 9.59 Å². The zero-order chi connectivity index (χ0) is 7.98. The second-order valence-electron chi connectivity index (χ2n) is 1.59. The molecule has 0 bridgehead atoms. The van der Waals surface area contributed by atoms with Gasteiger partial charge in [-0.05, 0) is 0 Å². The third-order valence-corrected chi connectivity index (χ3v) is 2.88. The van der Waals surface area contributed by atoms with Crippen molar-refractivity contribution in [2.24, 2.45) is 0 Å². The average Bonchev–Trinajstić information content (AvgIpc) is 1.87. The molecule has 0 aromatic rings. The number of amides is 2. The molecule has 0 unspecified atom stereocenters. The fourth-order valence-corrected chi connectivity index (χ4v) is 1.71. The van der Waals surface area contributed by atoms with Gasteiger partial charge < -0.3 is 0 Å². The third kappa shape index (κ3) is 5.80. The van der Waals surface area contributed by atoms with Gasteiger partial charge in [-0.1, -0.05) is 0 Å². The Bertz CT molecular complexity index is 138. The summed E-state index contributed by atoms with van der Waals surface area (Å²) in [7, 11) is 1.58. The van der Waals surface area contributed by atoms with Gasteiger partial charge in [0, 0.05) is 0 Å². The maximum absolute atomic E-state index is 10.6. The Morgan fingerprint density at radius 2 is 2.10 bits per heavy atom. The van der Waals surface area contributed by atoms with Crippen LogP contribution in [0.4, 0.5) is 0 Å². The first-order valence-corrected chi connectivity index (χ1v) is 5.32. The van der Waals surface area contributed by atoms with Gasteiger partial charge in [-0.15, -0.1) is 0 Å². The Morgan fingerprint density at radius 1 is 1.50 bits per heavy atom. The third-order valence-electron chi connectivity index (χ3n) is 0.667. The normalized spacial score (nSPS) is 9.00. The summed E-state index contributed by atoms with van der Waals surface area (Å²) in [5.74, 6) is -0.0711. The first kappa shape index (κ1) is 9.67. The van der Waals surface area contributed by atoms with Gasteiger partial charge in [0.1, 0.15) is 0 Å². The van der Waals surface area contributed by atoms with Crippen molar-refractivity contribution in [1.29, 1.82) is 0 Å². The molecule has 0 aliphatic carbocycles. The Balaban J connectivity index is 3.20. The Kier molecular flexibility index (Phi) is 5.27.